The van der Waals surface area contributed by atoms with Crippen molar-refractivity contribution in [1.82, 2.24) is 0 Å². The molecule has 0 fully saturated rings. The first-order valence-corrected chi connectivity index (χ1v) is 6.34. The number of nitro benzene ring substituents is 1. The Bertz CT molecular complexity index is 846. The molecule has 0 unspecified atom stereocenters. The summed E-state index contributed by atoms with van der Waals surface area (Å²) in [4.78, 5) is 21.6. The molecule has 0 atom stereocenters. The van der Waals surface area contributed by atoms with Crippen molar-refractivity contribution in [2.45, 2.75) is 6.92 Å². The van der Waals surface area contributed by atoms with Gasteiger partial charge in [0.15, 0.2) is 5.78 Å². The van der Waals surface area contributed by atoms with Crippen LogP contribution < -0.4 is 0 Å². The molecule has 104 valence electrons. The lowest BCUT2D eigenvalue weighted by molar-refractivity contribution is -0.384. The van der Waals surface area contributed by atoms with Crippen molar-refractivity contribution in [3.05, 3.63) is 64.2 Å². The fourth-order valence-electron chi connectivity index (χ4n) is 2.15. The normalized spacial score (nSPS) is 10.7. The van der Waals surface area contributed by atoms with Gasteiger partial charge in [-0.05, 0) is 43.3 Å². The van der Waals surface area contributed by atoms with Crippen molar-refractivity contribution >= 4 is 22.4 Å². The van der Waals surface area contributed by atoms with E-state index >= 15 is 0 Å². The summed E-state index contributed by atoms with van der Waals surface area (Å²) in [6.45, 7) is 1.51. The van der Waals surface area contributed by atoms with Gasteiger partial charge in [-0.1, -0.05) is 0 Å². The highest BCUT2D eigenvalue weighted by atomic mass is 16.6. The minimum atomic E-state index is -0.443. The van der Waals surface area contributed by atoms with Gasteiger partial charge in [0.05, 0.1) is 4.92 Å². The fourth-order valence-corrected chi connectivity index (χ4v) is 2.15. The summed E-state index contributed by atoms with van der Waals surface area (Å²) in [6.07, 6.45) is 0. The van der Waals surface area contributed by atoms with Crippen LogP contribution in [0.1, 0.15) is 17.3 Å². The zero-order valence-corrected chi connectivity index (χ0v) is 11.2. The maximum atomic E-state index is 11.4. The van der Waals surface area contributed by atoms with Crippen LogP contribution in [0, 0.1) is 10.1 Å². The number of hydrogen-bond acceptors (Lipinski definition) is 4. The van der Waals surface area contributed by atoms with Crippen LogP contribution in [0.4, 0.5) is 5.69 Å². The molecule has 0 amide bonds. The SMILES string of the molecule is CC(=O)c1ccc2oc(-c3ccc([N+](=O)[O-])cc3)cc2c1. The van der Waals surface area contributed by atoms with E-state index in [9.17, 15) is 14.9 Å². The number of Topliss-reactive ketones (excluding diaryl/α,β-unsaturated/α-hetero) is 1. The second-order valence-electron chi connectivity index (χ2n) is 4.72. The summed E-state index contributed by atoms with van der Waals surface area (Å²) in [5, 5.41) is 11.5. The van der Waals surface area contributed by atoms with Crippen LogP contribution in [0.15, 0.2) is 52.9 Å². The Hall–Kier alpha value is -2.95. The lowest BCUT2D eigenvalue weighted by Crippen LogP contribution is -1.89. The Balaban J connectivity index is 2.04. The Morgan fingerprint density at radius 1 is 1.10 bits per heavy atom. The highest BCUT2D eigenvalue weighted by molar-refractivity contribution is 5.98. The summed E-state index contributed by atoms with van der Waals surface area (Å²) >= 11 is 0. The van der Waals surface area contributed by atoms with Crippen LogP contribution in [-0.4, -0.2) is 10.7 Å². The minimum Gasteiger partial charge on any atom is -0.456 e. The van der Waals surface area contributed by atoms with Crippen molar-refractivity contribution in [1.29, 1.82) is 0 Å². The molecule has 21 heavy (non-hydrogen) atoms. The van der Waals surface area contributed by atoms with Crippen molar-refractivity contribution in [2.75, 3.05) is 0 Å². The molecule has 0 saturated heterocycles. The van der Waals surface area contributed by atoms with E-state index < -0.39 is 4.92 Å². The maximum Gasteiger partial charge on any atom is 0.269 e. The number of nitro groups is 1. The molecular weight excluding hydrogens is 270 g/mol. The summed E-state index contributed by atoms with van der Waals surface area (Å²) in [6, 6.07) is 13.2. The Morgan fingerprint density at radius 2 is 1.81 bits per heavy atom. The van der Waals surface area contributed by atoms with Gasteiger partial charge in [0.25, 0.3) is 5.69 Å². The number of carbonyl (C=O) groups is 1. The standard InChI is InChI=1S/C16H11NO4/c1-10(18)12-4-7-15-13(8-12)9-16(21-15)11-2-5-14(6-3-11)17(19)20/h2-9H,1H3. The van der Waals surface area contributed by atoms with Crippen LogP contribution in [0.2, 0.25) is 0 Å². The van der Waals surface area contributed by atoms with E-state index in [0.717, 1.165) is 10.9 Å². The summed E-state index contributed by atoms with van der Waals surface area (Å²) in [5.74, 6) is 0.607. The zero-order valence-electron chi connectivity index (χ0n) is 11.2. The largest absolute Gasteiger partial charge is 0.456 e. The smallest absolute Gasteiger partial charge is 0.269 e. The molecule has 1 heterocycles. The number of hydrogen-bond donors (Lipinski definition) is 0. The van der Waals surface area contributed by atoms with E-state index in [1.807, 2.05) is 6.07 Å². The molecular formula is C16H11NO4. The van der Waals surface area contributed by atoms with Gasteiger partial charge in [0.2, 0.25) is 0 Å². The van der Waals surface area contributed by atoms with Gasteiger partial charge < -0.3 is 4.42 Å². The minimum absolute atomic E-state index is 0.00464. The molecule has 1 aromatic heterocycles. The molecule has 0 aliphatic carbocycles. The number of rotatable bonds is 3. The third kappa shape index (κ3) is 2.41. The highest BCUT2D eigenvalue weighted by Crippen LogP contribution is 2.29. The van der Waals surface area contributed by atoms with Crippen molar-refractivity contribution in [3.63, 3.8) is 0 Å². The van der Waals surface area contributed by atoms with E-state index in [2.05, 4.69) is 0 Å². The van der Waals surface area contributed by atoms with Crippen molar-refractivity contribution in [3.8, 4) is 11.3 Å². The Morgan fingerprint density at radius 3 is 2.43 bits per heavy atom. The molecule has 0 aliphatic rings. The van der Waals surface area contributed by atoms with Crippen molar-refractivity contribution < 1.29 is 14.1 Å². The molecule has 3 rings (SSSR count). The third-order valence-corrected chi connectivity index (χ3v) is 3.29. The van der Waals surface area contributed by atoms with Crippen LogP contribution in [0.3, 0.4) is 0 Å². The fraction of sp³-hybridized carbons (Fsp3) is 0.0625. The number of carbonyl (C=O) groups excluding carboxylic acids is 1. The molecule has 5 heteroatoms. The highest BCUT2D eigenvalue weighted by Gasteiger charge is 2.10. The Kier molecular flexibility index (Phi) is 3.02. The van der Waals surface area contributed by atoms with Gasteiger partial charge in [-0.3, -0.25) is 14.9 Å². The second kappa shape index (κ2) is 4.86. The molecule has 2 aromatic carbocycles. The second-order valence-corrected chi connectivity index (χ2v) is 4.72. The maximum absolute atomic E-state index is 11.4. The number of fused-ring (bicyclic) bond motifs is 1. The van der Waals surface area contributed by atoms with Crippen molar-refractivity contribution in [2.24, 2.45) is 0 Å². The third-order valence-electron chi connectivity index (χ3n) is 3.29. The molecule has 5 nitrogen and oxygen atoms in total. The van der Waals surface area contributed by atoms with Gasteiger partial charge >= 0.3 is 0 Å². The zero-order chi connectivity index (χ0) is 15.0. The number of non-ortho nitro benzene ring substituents is 1. The topological polar surface area (TPSA) is 73.3 Å². The van der Waals surface area contributed by atoms with E-state index in [0.29, 0.717) is 16.9 Å². The lowest BCUT2D eigenvalue weighted by Gasteiger charge is -1.95. The van der Waals surface area contributed by atoms with E-state index in [1.54, 1.807) is 30.3 Å². The van der Waals surface area contributed by atoms with Gasteiger partial charge in [0, 0.05) is 28.6 Å². The predicted molar refractivity (Wildman–Crippen MR) is 78.3 cm³/mol. The number of nitrogens with zero attached hydrogens (tertiary/aromatic N) is 1. The van der Waals surface area contributed by atoms with Crippen LogP contribution in [0.25, 0.3) is 22.3 Å². The number of ketones is 1. The average Bonchev–Trinajstić information content (AvgIpc) is 2.90. The monoisotopic (exact) mass is 281 g/mol. The van der Waals surface area contributed by atoms with Gasteiger partial charge in [-0.25, -0.2) is 0 Å². The van der Waals surface area contributed by atoms with Crippen LogP contribution in [0.5, 0.6) is 0 Å². The quantitative estimate of drug-likeness (QED) is 0.409. The van der Waals surface area contributed by atoms with Crippen LogP contribution in [-0.2, 0) is 0 Å². The van der Waals surface area contributed by atoms with E-state index in [1.165, 1.54) is 19.1 Å². The summed E-state index contributed by atoms with van der Waals surface area (Å²) < 4.78 is 5.71. The first-order chi connectivity index (χ1) is 10.0. The molecule has 0 spiro atoms. The average molecular weight is 281 g/mol. The first kappa shape index (κ1) is 13.1. The molecule has 0 saturated carbocycles. The lowest BCUT2D eigenvalue weighted by atomic mass is 10.1. The van der Waals surface area contributed by atoms with E-state index in [-0.39, 0.29) is 11.5 Å². The number of benzene rings is 2. The van der Waals surface area contributed by atoms with E-state index in [4.69, 9.17) is 4.42 Å². The predicted octanol–water partition coefficient (Wildman–Crippen LogP) is 4.21. The molecule has 3 aromatic rings. The first-order valence-electron chi connectivity index (χ1n) is 6.34. The summed E-state index contributed by atoms with van der Waals surface area (Å²) in [5.41, 5.74) is 2.09. The molecule has 0 radical (unpaired) electrons. The van der Waals surface area contributed by atoms with Gasteiger partial charge in [-0.2, -0.15) is 0 Å². The molecule has 0 bridgehead atoms. The van der Waals surface area contributed by atoms with Gasteiger partial charge in [-0.15, -0.1) is 0 Å². The molecule has 0 N–H and O–H groups in total. The number of furan rings is 1. The molecule has 0 aliphatic heterocycles. The van der Waals surface area contributed by atoms with Crippen LogP contribution >= 0.6 is 0 Å². The van der Waals surface area contributed by atoms with Gasteiger partial charge in [0.1, 0.15) is 11.3 Å². The summed E-state index contributed by atoms with van der Waals surface area (Å²) in [7, 11) is 0. The Labute approximate surface area is 120 Å².